The van der Waals surface area contributed by atoms with Gasteiger partial charge in [-0.1, -0.05) is 0 Å². The summed E-state index contributed by atoms with van der Waals surface area (Å²) in [6.07, 6.45) is 6.94. The third-order valence-corrected chi connectivity index (χ3v) is 3.98. The molecule has 0 saturated carbocycles. The molecule has 19 heavy (non-hydrogen) atoms. The summed E-state index contributed by atoms with van der Waals surface area (Å²) in [7, 11) is 0. The molecule has 3 heterocycles. The van der Waals surface area contributed by atoms with E-state index in [1.54, 1.807) is 0 Å². The molecule has 2 aromatic heterocycles. The molecule has 4 nitrogen and oxygen atoms in total. The van der Waals surface area contributed by atoms with Gasteiger partial charge in [0.25, 0.3) is 0 Å². The molecule has 0 spiro atoms. The van der Waals surface area contributed by atoms with Gasteiger partial charge in [0, 0.05) is 25.1 Å². The van der Waals surface area contributed by atoms with Gasteiger partial charge in [0.15, 0.2) is 0 Å². The van der Waals surface area contributed by atoms with E-state index in [9.17, 15) is 0 Å². The minimum atomic E-state index is 0.277. The van der Waals surface area contributed by atoms with Crippen molar-refractivity contribution < 1.29 is 4.74 Å². The highest BCUT2D eigenvalue weighted by atomic mass is 35.5. The van der Waals surface area contributed by atoms with Crippen LogP contribution in [0.4, 0.5) is 0 Å². The highest BCUT2D eigenvalue weighted by Gasteiger charge is 2.26. The maximum atomic E-state index is 5.90. The van der Waals surface area contributed by atoms with Gasteiger partial charge >= 0.3 is 0 Å². The number of imidazole rings is 1. The topological polar surface area (TPSA) is 39.9 Å². The lowest BCUT2D eigenvalue weighted by Crippen LogP contribution is -2.22. The number of rotatable bonds is 4. The van der Waals surface area contributed by atoms with Crippen molar-refractivity contribution in [2.45, 2.75) is 38.3 Å². The molecular weight excluding hydrogens is 262 g/mol. The van der Waals surface area contributed by atoms with Gasteiger partial charge in [-0.2, -0.15) is 0 Å². The number of aryl methyl sites for hydroxylation is 1. The highest BCUT2D eigenvalue weighted by Crippen LogP contribution is 2.29. The first-order chi connectivity index (χ1) is 9.31. The Bertz CT molecular complexity index is 563. The second-order valence-electron chi connectivity index (χ2n) is 4.99. The molecule has 0 amide bonds. The summed E-state index contributed by atoms with van der Waals surface area (Å²) in [6.45, 7) is 3.07. The van der Waals surface area contributed by atoms with Gasteiger partial charge in [-0.05, 0) is 25.8 Å². The molecule has 0 aliphatic carbocycles. The van der Waals surface area contributed by atoms with E-state index in [2.05, 4.69) is 21.5 Å². The van der Waals surface area contributed by atoms with Crippen LogP contribution in [0.5, 0.6) is 0 Å². The molecule has 1 saturated heterocycles. The zero-order valence-corrected chi connectivity index (χ0v) is 11.8. The normalized spacial score (nSPS) is 21.1. The van der Waals surface area contributed by atoms with Gasteiger partial charge in [-0.25, -0.2) is 4.98 Å². The third-order valence-electron chi connectivity index (χ3n) is 3.79. The quantitative estimate of drug-likeness (QED) is 0.808. The average molecular weight is 280 g/mol. The number of nitrogens with zero attached hydrogens (tertiary/aromatic N) is 3. The molecular formula is C14H18ClN3O. The van der Waals surface area contributed by atoms with E-state index in [1.807, 2.05) is 18.5 Å². The number of aromatic nitrogens is 3. The Morgan fingerprint density at radius 1 is 1.58 bits per heavy atom. The summed E-state index contributed by atoms with van der Waals surface area (Å²) in [4.78, 5) is 8.80. The number of fused-ring (bicyclic) bond motifs is 1. The second kappa shape index (κ2) is 5.47. The lowest BCUT2D eigenvalue weighted by atomic mass is 10.1. The molecule has 1 aliphatic heterocycles. The Morgan fingerprint density at radius 3 is 3.21 bits per heavy atom. The summed E-state index contributed by atoms with van der Waals surface area (Å²) >= 11 is 5.90. The van der Waals surface area contributed by atoms with Gasteiger partial charge in [-0.3, -0.25) is 4.98 Å². The highest BCUT2D eigenvalue weighted by molar-refractivity contribution is 6.17. The lowest BCUT2D eigenvalue weighted by molar-refractivity contribution is 0.0736. The largest absolute Gasteiger partial charge is 0.376 e. The van der Waals surface area contributed by atoms with Crippen molar-refractivity contribution in [3.05, 3.63) is 24.3 Å². The van der Waals surface area contributed by atoms with Crippen LogP contribution >= 0.6 is 11.6 Å². The van der Waals surface area contributed by atoms with Crippen molar-refractivity contribution in [2.75, 3.05) is 12.5 Å². The average Bonchev–Trinajstić information content (AvgIpc) is 3.06. The zero-order chi connectivity index (χ0) is 13.2. The van der Waals surface area contributed by atoms with Crippen LogP contribution in [-0.2, 0) is 11.2 Å². The standard InChI is InChI=1S/C14H18ClN3O/c1-10(13-3-2-8-19-13)18-12-5-7-16-9-11(12)17-14(18)4-6-15/h5,7,9-10,13H,2-4,6,8H2,1H3. The van der Waals surface area contributed by atoms with Crippen LogP contribution in [0.15, 0.2) is 18.5 Å². The Hall–Kier alpha value is -1.13. The van der Waals surface area contributed by atoms with Gasteiger partial charge in [0.1, 0.15) is 11.3 Å². The Morgan fingerprint density at radius 2 is 2.47 bits per heavy atom. The molecule has 0 aromatic carbocycles. The number of hydrogen-bond donors (Lipinski definition) is 0. The maximum absolute atomic E-state index is 5.90. The summed E-state index contributed by atoms with van der Waals surface area (Å²) < 4.78 is 8.10. The first-order valence-electron chi connectivity index (χ1n) is 6.79. The molecule has 0 N–H and O–H groups in total. The number of ether oxygens (including phenoxy) is 1. The fourth-order valence-corrected chi connectivity index (χ4v) is 3.03. The molecule has 0 radical (unpaired) electrons. The van der Waals surface area contributed by atoms with Crippen LogP contribution < -0.4 is 0 Å². The van der Waals surface area contributed by atoms with E-state index in [0.717, 1.165) is 42.7 Å². The predicted octanol–water partition coefficient (Wildman–Crippen LogP) is 2.95. The monoisotopic (exact) mass is 279 g/mol. The van der Waals surface area contributed by atoms with E-state index in [1.165, 1.54) is 0 Å². The number of pyridine rings is 1. The van der Waals surface area contributed by atoms with Crippen molar-refractivity contribution in [2.24, 2.45) is 0 Å². The molecule has 102 valence electrons. The van der Waals surface area contributed by atoms with Gasteiger partial charge < -0.3 is 9.30 Å². The van der Waals surface area contributed by atoms with E-state index in [-0.39, 0.29) is 12.1 Å². The van der Waals surface area contributed by atoms with Crippen molar-refractivity contribution in [1.29, 1.82) is 0 Å². The van der Waals surface area contributed by atoms with Crippen LogP contribution in [0, 0.1) is 0 Å². The Balaban J connectivity index is 2.05. The van der Waals surface area contributed by atoms with Gasteiger partial charge in [0.05, 0.1) is 23.9 Å². The maximum Gasteiger partial charge on any atom is 0.111 e. The van der Waals surface area contributed by atoms with Crippen molar-refractivity contribution in [3.8, 4) is 0 Å². The summed E-state index contributed by atoms with van der Waals surface area (Å²) in [5, 5.41) is 0. The van der Waals surface area contributed by atoms with Crippen LogP contribution in [0.3, 0.4) is 0 Å². The SMILES string of the molecule is CC(C1CCCO1)n1c(CCCl)nc2cnccc21. The van der Waals surface area contributed by atoms with E-state index in [4.69, 9.17) is 16.3 Å². The number of halogens is 1. The Labute approximate surface area is 117 Å². The van der Waals surface area contributed by atoms with Gasteiger partial charge in [0.2, 0.25) is 0 Å². The van der Waals surface area contributed by atoms with Crippen LogP contribution in [-0.4, -0.2) is 33.1 Å². The molecule has 1 fully saturated rings. The molecule has 5 heteroatoms. The summed E-state index contributed by atoms with van der Waals surface area (Å²) in [5.74, 6) is 1.61. The van der Waals surface area contributed by atoms with Crippen LogP contribution in [0.1, 0.15) is 31.6 Å². The van der Waals surface area contributed by atoms with E-state index < -0.39 is 0 Å². The van der Waals surface area contributed by atoms with Crippen molar-refractivity contribution in [3.63, 3.8) is 0 Å². The summed E-state index contributed by atoms with van der Waals surface area (Å²) in [6, 6.07) is 2.30. The fraction of sp³-hybridized carbons (Fsp3) is 0.571. The van der Waals surface area contributed by atoms with Crippen molar-refractivity contribution >= 4 is 22.6 Å². The molecule has 3 rings (SSSR count). The molecule has 2 atom stereocenters. The zero-order valence-electron chi connectivity index (χ0n) is 11.1. The molecule has 2 unspecified atom stereocenters. The van der Waals surface area contributed by atoms with Crippen molar-refractivity contribution in [1.82, 2.24) is 14.5 Å². The molecule has 0 bridgehead atoms. The first-order valence-corrected chi connectivity index (χ1v) is 7.33. The smallest absolute Gasteiger partial charge is 0.111 e. The predicted molar refractivity (Wildman–Crippen MR) is 75.6 cm³/mol. The van der Waals surface area contributed by atoms with E-state index in [0.29, 0.717) is 5.88 Å². The Kier molecular flexibility index (Phi) is 3.71. The third kappa shape index (κ3) is 2.35. The van der Waals surface area contributed by atoms with E-state index >= 15 is 0 Å². The first kappa shape index (κ1) is 12.9. The minimum absolute atomic E-state index is 0.277. The number of alkyl halides is 1. The van der Waals surface area contributed by atoms with Gasteiger partial charge in [-0.15, -0.1) is 11.6 Å². The molecule has 2 aromatic rings. The lowest BCUT2D eigenvalue weighted by Gasteiger charge is -2.23. The second-order valence-corrected chi connectivity index (χ2v) is 5.37. The van der Waals surface area contributed by atoms with Crippen LogP contribution in [0.2, 0.25) is 0 Å². The fourth-order valence-electron chi connectivity index (χ4n) is 2.87. The molecule has 1 aliphatic rings. The minimum Gasteiger partial charge on any atom is -0.376 e. The van der Waals surface area contributed by atoms with Crippen LogP contribution in [0.25, 0.3) is 11.0 Å². The number of hydrogen-bond acceptors (Lipinski definition) is 3. The summed E-state index contributed by atoms with van der Waals surface area (Å²) in [5.41, 5.74) is 2.06.